The molecule has 1 aliphatic rings. The summed E-state index contributed by atoms with van der Waals surface area (Å²) in [5.74, 6) is 1.74. The number of hydrogen-bond acceptors (Lipinski definition) is 2. The topological polar surface area (TPSA) is 18.5 Å². The van der Waals surface area contributed by atoms with Crippen LogP contribution in [0, 0.1) is 0 Å². The maximum atomic E-state index is 5.43. The maximum absolute atomic E-state index is 5.43. The molecule has 0 aliphatic carbocycles. The molecule has 2 nitrogen and oxygen atoms in total. The highest BCUT2D eigenvalue weighted by Gasteiger charge is 2.47. The molecule has 0 fully saturated rings. The third kappa shape index (κ3) is 3.61. The summed E-state index contributed by atoms with van der Waals surface area (Å²) in [6, 6.07) is 38.9. The molecule has 33 heavy (non-hydrogen) atoms. The van der Waals surface area contributed by atoms with Crippen molar-refractivity contribution >= 4 is 28.8 Å². The van der Waals surface area contributed by atoms with Crippen molar-refractivity contribution in [3.05, 3.63) is 132 Å². The van der Waals surface area contributed by atoms with Crippen molar-refractivity contribution in [2.24, 2.45) is 0 Å². The second-order valence-electron chi connectivity index (χ2n) is 8.10. The number of hydrogen-bond donors (Lipinski definition) is 0. The van der Waals surface area contributed by atoms with Gasteiger partial charge in [-0.3, -0.25) is 0 Å². The quantitative estimate of drug-likeness (QED) is 0.363. The standard InChI is InChI=1S/C30H26O2Si/c1-31-25-17-13-23(14-18-25)29-21-22-30(24-15-19-26(32-2)20-16-24)33(29,27-9-5-3-6-10-27)28-11-7-4-8-12-28/h3-22H,1-2H3. The van der Waals surface area contributed by atoms with Crippen LogP contribution >= 0.6 is 0 Å². The summed E-state index contributed by atoms with van der Waals surface area (Å²) in [5, 5.41) is 5.51. The van der Waals surface area contributed by atoms with Gasteiger partial charge in [0.2, 0.25) is 0 Å². The van der Waals surface area contributed by atoms with Crippen LogP contribution in [0.4, 0.5) is 0 Å². The molecule has 1 heterocycles. The molecule has 1 aliphatic heterocycles. The highest BCUT2D eigenvalue weighted by Crippen LogP contribution is 2.42. The van der Waals surface area contributed by atoms with Crippen molar-refractivity contribution in [2.75, 3.05) is 14.2 Å². The van der Waals surface area contributed by atoms with Crippen LogP contribution in [0.5, 0.6) is 11.5 Å². The third-order valence-electron chi connectivity index (χ3n) is 6.44. The molecule has 0 saturated heterocycles. The number of allylic oxidation sites excluding steroid dienone is 2. The molecular formula is C30H26O2Si. The Balaban J connectivity index is 1.78. The molecule has 0 atom stereocenters. The predicted octanol–water partition coefficient (Wildman–Crippen LogP) is 5.53. The molecule has 0 bridgehead atoms. The Morgan fingerprint density at radius 2 is 0.818 bits per heavy atom. The minimum absolute atomic E-state index is 0.868. The van der Waals surface area contributed by atoms with Gasteiger partial charge in [-0.15, -0.1) is 0 Å². The molecule has 0 aromatic heterocycles. The van der Waals surface area contributed by atoms with Crippen molar-refractivity contribution in [2.45, 2.75) is 0 Å². The zero-order valence-corrected chi connectivity index (χ0v) is 19.9. The second-order valence-corrected chi connectivity index (χ2v) is 11.8. The molecule has 0 radical (unpaired) electrons. The van der Waals surface area contributed by atoms with Crippen LogP contribution in [0.25, 0.3) is 10.4 Å². The van der Waals surface area contributed by atoms with Crippen LogP contribution in [-0.2, 0) is 0 Å². The molecule has 0 amide bonds. The predicted molar refractivity (Wildman–Crippen MR) is 140 cm³/mol. The van der Waals surface area contributed by atoms with Gasteiger partial charge < -0.3 is 9.47 Å². The average molecular weight is 447 g/mol. The zero-order valence-electron chi connectivity index (χ0n) is 18.9. The first-order valence-corrected chi connectivity index (χ1v) is 13.1. The van der Waals surface area contributed by atoms with Gasteiger partial charge in [-0.05, 0) is 56.2 Å². The van der Waals surface area contributed by atoms with E-state index < -0.39 is 8.07 Å². The monoisotopic (exact) mass is 446 g/mol. The fraction of sp³-hybridized carbons (Fsp3) is 0.0667. The summed E-state index contributed by atoms with van der Waals surface area (Å²) >= 11 is 0. The lowest BCUT2D eigenvalue weighted by atomic mass is 10.2. The number of ether oxygens (including phenoxy) is 2. The zero-order chi connectivity index (χ0) is 22.7. The Labute approximate surface area is 196 Å². The third-order valence-corrected chi connectivity index (χ3v) is 11.4. The van der Waals surface area contributed by atoms with Crippen molar-refractivity contribution in [3.8, 4) is 11.5 Å². The van der Waals surface area contributed by atoms with E-state index in [1.807, 2.05) is 0 Å². The average Bonchev–Trinajstić information content (AvgIpc) is 3.31. The lowest BCUT2D eigenvalue weighted by Crippen LogP contribution is -2.59. The molecular weight excluding hydrogens is 420 g/mol. The normalized spacial score (nSPS) is 14.4. The van der Waals surface area contributed by atoms with Gasteiger partial charge in [0.25, 0.3) is 0 Å². The first kappa shape index (κ1) is 21.0. The van der Waals surface area contributed by atoms with Crippen LogP contribution in [0.3, 0.4) is 0 Å². The van der Waals surface area contributed by atoms with E-state index in [-0.39, 0.29) is 0 Å². The van der Waals surface area contributed by atoms with Crippen LogP contribution < -0.4 is 19.8 Å². The van der Waals surface area contributed by atoms with Gasteiger partial charge >= 0.3 is 0 Å². The molecule has 162 valence electrons. The van der Waals surface area contributed by atoms with E-state index >= 15 is 0 Å². The van der Waals surface area contributed by atoms with Crippen LogP contribution in [0.15, 0.2) is 121 Å². The van der Waals surface area contributed by atoms with Gasteiger partial charge in [0, 0.05) is 0 Å². The van der Waals surface area contributed by atoms with E-state index in [1.165, 1.54) is 31.9 Å². The SMILES string of the molecule is COc1ccc(C2=CC=C(c3ccc(OC)cc3)[Si]2(c2ccccc2)c2ccccc2)cc1. The Morgan fingerprint density at radius 3 is 1.15 bits per heavy atom. The van der Waals surface area contributed by atoms with E-state index in [2.05, 4.69) is 121 Å². The van der Waals surface area contributed by atoms with Crippen molar-refractivity contribution in [1.82, 2.24) is 0 Å². The Hall–Kier alpha value is -3.82. The van der Waals surface area contributed by atoms with E-state index in [4.69, 9.17) is 9.47 Å². The van der Waals surface area contributed by atoms with Crippen molar-refractivity contribution in [3.63, 3.8) is 0 Å². The summed E-state index contributed by atoms with van der Waals surface area (Å²) in [4.78, 5) is 0. The molecule has 0 unspecified atom stereocenters. The van der Waals surface area contributed by atoms with Crippen LogP contribution in [0.1, 0.15) is 11.1 Å². The fourth-order valence-electron chi connectivity index (χ4n) is 4.89. The van der Waals surface area contributed by atoms with Crippen molar-refractivity contribution in [1.29, 1.82) is 0 Å². The van der Waals surface area contributed by atoms with Crippen LogP contribution in [0.2, 0.25) is 0 Å². The summed E-state index contributed by atoms with van der Waals surface area (Å²) in [6.45, 7) is 0. The van der Waals surface area contributed by atoms with E-state index in [0.29, 0.717) is 0 Å². The minimum Gasteiger partial charge on any atom is -0.497 e. The van der Waals surface area contributed by atoms with Crippen LogP contribution in [-0.4, -0.2) is 22.3 Å². The van der Waals surface area contributed by atoms with Gasteiger partial charge in [-0.1, -0.05) is 97.1 Å². The molecule has 0 N–H and O–H groups in total. The molecule has 3 heteroatoms. The van der Waals surface area contributed by atoms with Gasteiger partial charge in [0.1, 0.15) is 11.5 Å². The molecule has 4 aromatic carbocycles. The second kappa shape index (κ2) is 8.97. The summed E-state index contributed by atoms with van der Waals surface area (Å²) in [7, 11) is 0.877. The van der Waals surface area contributed by atoms with Gasteiger partial charge in [0.05, 0.1) is 14.2 Å². The first-order valence-electron chi connectivity index (χ1n) is 11.1. The number of rotatable bonds is 6. The Kier molecular flexibility index (Phi) is 5.72. The van der Waals surface area contributed by atoms with E-state index in [9.17, 15) is 0 Å². The van der Waals surface area contributed by atoms with E-state index in [1.54, 1.807) is 14.2 Å². The van der Waals surface area contributed by atoms with E-state index in [0.717, 1.165) is 11.5 Å². The number of benzene rings is 4. The van der Waals surface area contributed by atoms with Gasteiger partial charge in [-0.2, -0.15) is 0 Å². The van der Waals surface area contributed by atoms with Gasteiger partial charge in [-0.25, -0.2) is 0 Å². The molecule has 0 spiro atoms. The highest BCUT2D eigenvalue weighted by atomic mass is 28.3. The maximum Gasteiger partial charge on any atom is 0.180 e. The lowest BCUT2D eigenvalue weighted by Gasteiger charge is -2.35. The summed E-state index contributed by atoms with van der Waals surface area (Å²) in [5.41, 5.74) is 2.46. The van der Waals surface area contributed by atoms with Crippen molar-refractivity contribution < 1.29 is 9.47 Å². The minimum atomic E-state index is -2.54. The summed E-state index contributed by atoms with van der Waals surface area (Å²) in [6.07, 6.45) is 4.65. The molecule has 5 rings (SSSR count). The lowest BCUT2D eigenvalue weighted by molar-refractivity contribution is 0.414. The van der Waals surface area contributed by atoms with Gasteiger partial charge in [0.15, 0.2) is 8.07 Å². The Bertz CT molecular complexity index is 1180. The molecule has 4 aromatic rings. The first-order chi connectivity index (χ1) is 16.3. The fourth-order valence-corrected chi connectivity index (χ4v) is 10.0. The largest absolute Gasteiger partial charge is 0.497 e. The smallest absolute Gasteiger partial charge is 0.180 e. The summed E-state index contributed by atoms with van der Waals surface area (Å²) < 4.78 is 10.9. The number of methoxy groups -OCH3 is 2. The Morgan fingerprint density at radius 1 is 0.455 bits per heavy atom. The molecule has 0 saturated carbocycles. The highest BCUT2D eigenvalue weighted by molar-refractivity contribution is 7.26.